The normalized spacial score (nSPS) is 15.6. The molecule has 2 aromatic rings. The molecule has 0 radical (unpaired) electrons. The van der Waals surface area contributed by atoms with Gasteiger partial charge in [0, 0.05) is 23.8 Å². The molecule has 2 aromatic carbocycles. The van der Waals surface area contributed by atoms with Crippen molar-refractivity contribution in [2.75, 3.05) is 31.6 Å². The number of thiocarbonyl (C=S) groups is 1. The fourth-order valence-electron chi connectivity index (χ4n) is 2.84. The molecule has 1 heterocycles. The maximum Gasteiger partial charge on any atom is 0.266 e. The van der Waals surface area contributed by atoms with E-state index in [2.05, 4.69) is 10.6 Å². The van der Waals surface area contributed by atoms with E-state index in [1.807, 2.05) is 0 Å². The van der Waals surface area contributed by atoms with Gasteiger partial charge in [0.15, 0.2) is 11.2 Å². The summed E-state index contributed by atoms with van der Waals surface area (Å²) in [5.41, 5.74) is 0.519. The van der Waals surface area contributed by atoms with Crippen molar-refractivity contribution < 1.29 is 22.7 Å². The molecule has 1 amide bonds. The Bertz CT molecular complexity index is 1090. The number of nitrogens with one attached hydrogen (secondary N) is 2. The van der Waals surface area contributed by atoms with Gasteiger partial charge in [-0.25, -0.2) is 8.42 Å². The van der Waals surface area contributed by atoms with Gasteiger partial charge in [-0.05, 0) is 61.6 Å². The van der Waals surface area contributed by atoms with E-state index in [-0.39, 0.29) is 15.0 Å². The molecule has 172 valence electrons. The standard InChI is InChI=1S/C20H21Cl2N3O5S2/c1-13(30-18-7-2-14(21)12-17(18)22)19(26)24-20(31)23-15-3-5-16(6-4-15)32(27,28)25-8-10-29-11-9-25/h2-7,12-13H,8-11H2,1H3,(H2,23,24,26,31). The highest BCUT2D eigenvalue weighted by Crippen LogP contribution is 2.28. The number of carbonyl (C=O) groups excluding carboxylic acids is 1. The lowest BCUT2D eigenvalue weighted by Gasteiger charge is -2.26. The first-order chi connectivity index (χ1) is 15.2. The quantitative estimate of drug-likeness (QED) is 0.567. The molecule has 3 rings (SSSR count). The molecule has 8 nitrogen and oxygen atoms in total. The highest BCUT2D eigenvalue weighted by molar-refractivity contribution is 7.89. The smallest absolute Gasteiger partial charge is 0.266 e. The Balaban J connectivity index is 1.55. The summed E-state index contributed by atoms with van der Waals surface area (Å²) < 4.78 is 37.5. The van der Waals surface area contributed by atoms with E-state index in [9.17, 15) is 13.2 Å². The van der Waals surface area contributed by atoms with Gasteiger partial charge in [-0.3, -0.25) is 10.1 Å². The molecule has 0 aliphatic carbocycles. The number of nitrogens with zero attached hydrogens (tertiary/aromatic N) is 1. The molecule has 0 bridgehead atoms. The van der Waals surface area contributed by atoms with E-state index in [4.69, 9.17) is 44.9 Å². The van der Waals surface area contributed by atoms with E-state index in [0.29, 0.717) is 42.8 Å². The number of morpholine rings is 1. The number of benzene rings is 2. The van der Waals surface area contributed by atoms with Crippen LogP contribution >= 0.6 is 35.4 Å². The van der Waals surface area contributed by atoms with Crippen LogP contribution in [-0.2, 0) is 19.6 Å². The topological polar surface area (TPSA) is 97.0 Å². The van der Waals surface area contributed by atoms with Crippen LogP contribution in [0.15, 0.2) is 47.4 Å². The first-order valence-electron chi connectivity index (χ1n) is 9.58. The lowest BCUT2D eigenvalue weighted by atomic mass is 10.3. The number of anilines is 1. The molecule has 1 atom stereocenters. The monoisotopic (exact) mass is 517 g/mol. The van der Waals surface area contributed by atoms with Crippen LogP contribution < -0.4 is 15.4 Å². The van der Waals surface area contributed by atoms with Crippen LogP contribution in [0.4, 0.5) is 5.69 Å². The third kappa shape index (κ3) is 6.31. The Kier molecular flexibility index (Phi) is 8.32. The molecule has 0 saturated carbocycles. The molecule has 1 fully saturated rings. The molecule has 1 unspecified atom stereocenters. The first-order valence-corrected chi connectivity index (χ1v) is 12.2. The Morgan fingerprint density at radius 2 is 1.81 bits per heavy atom. The summed E-state index contributed by atoms with van der Waals surface area (Å²) in [4.78, 5) is 12.5. The van der Waals surface area contributed by atoms with E-state index < -0.39 is 22.0 Å². The summed E-state index contributed by atoms with van der Waals surface area (Å²) in [5, 5.41) is 6.14. The van der Waals surface area contributed by atoms with Crippen molar-refractivity contribution in [1.82, 2.24) is 9.62 Å². The number of hydrogen-bond donors (Lipinski definition) is 2. The minimum Gasteiger partial charge on any atom is -0.479 e. The average Bonchev–Trinajstić information content (AvgIpc) is 2.76. The predicted molar refractivity (Wildman–Crippen MR) is 127 cm³/mol. The maximum atomic E-state index is 12.7. The summed E-state index contributed by atoms with van der Waals surface area (Å²) in [6, 6.07) is 10.8. The fraction of sp³-hybridized carbons (Fsp3) is 0.300. The minimum absolute atomic E-state index is 0.0384. The molecular weight excluding hydrogens is 497 g/mol. The zero-order valence-corrected chi connectivity index (χ0v) is 20.2. The highest BCUT2D eigenvalue weighted by atomic mass is 35.5. The predicted octanol–water partition coefficient (Wildman–Crippen LogP) is 3.29. The molecule has 12 heteroatoms. The van der Waals surface area contributed by atoms with Gasteiger partial charge in [0.25, 0.3) is 5.91 Å². The van der Waals surface area contributed by atoms with Crippen molar-refractivity contribution >= 4 is 62.2 Å². The van der Waals surface area contributed by atoms with Crippen LogP contribution in [0.25, 0.3) is 0 Å². The van der Waals surface area contributed by atoms with Crippen molar-refractivity contribution in [3.8, 4) is 5.75 Å². The second-order valence-corrected chi connectivity index (χ2v) is 10.0. The summed E-state index contributed by atoms with van der Waals surface area (Å²) in [7, 11) is -3.59. The van der Waals surface area contributed by atoms with E-state index in [1.54, 1.807) is 31.2 Å². The van der Waals surface area contributed by atoms with Gasteiger partial charge >= 0.3 is 0 Å². The molecule has 1 saturated heterocycles. The molecule has 2 N–H and O–H groups in total. The van der Waals surface area contributed by atoms with Crippen molar-refractivity contribution in [1.29, 1.82) is 0 Å². The Morgan fingerprint density at radius 1 is 1.16 bits per heavy atom. The first kappa shape index (κ1) is 24.7. The maximum absolute atomic E-state index is 12.7. The summed E-state index contributed by atoms with van der Waals surface area (Å²) >= 11 is 17.1. The molecule has 32 heavy (non-hydrogen) atoms. The zero-order valence-electron chi connectivity index (χ0n) is 17.0. The Labute approximate surface area is 201 Å². The Morgan fingerprint density at radius 3 is 2.44 bits per heavy atom. The number of halogens is 2. The van der Waals surface area contributed by atoms with Gasteiger partial charge in [-0.1, -0.05) is 23.2 Å². The SMILES string of the molecule is CC(Oc1ccc(Cl)cc1Cl)C(=O)NC(=S)Nc1ccc(S(=O)(=O)N2CCOCC2)cc1. The highest BCUT2D eigenvalue weighted by Gasteiger charge is 2.26. The number of hydrogen-bond acceptors (Lipinski definition) is 6. The number of ether oxygens (including phenoxy) is 2. The molecule has 0 spiro atoms. The van der Waals surface area contributed by atoms with E-state index in [1.165, 1.54) is 22.5 Å². The largest absolute Gasteiger partial charge is 0.479 e. The third-order valence-electron chi connectivity index (χ3n) is 4.52. The van der Waals surface area contributed by atoms with Crippen molar-refractivity contribution in [3.05, 3.63) is 52.5 Å². The van der Waals surface area contributed by atoms with Crippen molar-refractivity contribution in [3.63, 3.8) is 0 Å². The van der Waals surface area contributed by atoms with Gasteiger partial charge in [0.05, 0.1) is 23.1 Å². The zero-order chi connectivity index (χ0) is 23.3. The number of sulfonamides is 1. The van der Waals surface area contributed by atoms with Gasteiger partial charge in [-0.2, -0.15) is 4.31 Å². The summed E-state index contributed by atoms with van der Waals surface area (Å²) in [6.45, 7) is 2.94. The average molecular weight is 518 g/mol. The minimum atomic E-state index is -3.59. The summed E-state index contributed by atoms with van der Waals surface area (Å²) in [5.74, 6) is -0.172. The van der Waals surface area contributed by atoms with E-state index in [0.717, 1.165) is 0 Å². The molecule has 1 aliphatic heterocycles. The van der Waals surface area contributed by atoms with Crippen LogP contribution in [0.2, 0.25) is 10.0 Å². The van der Waals surface area contributed by atoms with Gasteiger partial charge < -0.3 is 14.8 Å². The molecule has 0 aromatic heterocycles. The third-order valence-corrected chi connectivity index (χ3v) is 7.17. The van der Waals surface area contributed by atoms with E-state index >= 15 is 0 Å². The Hall–Kier alpha value is -1.95. The van der Waals surface area contributed by atoms with Crippen LogP contribution in [0, 0.1) is 0 Å². The van der Waals surface area contributed by atoms with Crippen LogP contribution in [0.1, 0.15) is 6.92 Å². The van der Waals surface area contributed by atoms with Gasteiger partial charge in [-0.15, -0.1) is 0 Å². The van der Waals surface area contributed by atoms with Gasteiger partial charge in [0.1, 0.15) is 5.75 Å². The number of amides is 1. The van der Waals surface area contributed by atoms with Crippen molar-refractivity contribution in [2.45, 2.75) is 17.9 Å². The van der Waals surface area contributed by atoms with Crippen LogP contribution in [0.5, 0.6) is 5.75 Å². The van der Waals surface area contributed by atoms with Gasteiger partial charge in [0.2, 0.25) is 10.0 Å². The van der Waals surface area contributed by atoms with Crippen LogP contribution in [-0.4, -0.2) is 56.1 Å². The summed E-state index contributed by atoms with van der Waals surface area (Å²) in [6.07, 6.45) is -0.880. The van der Waals surface area contributed by atoms with Crippen molar-refractivity contribution in [2.24, 2.45) is 0 Å². The lowest BCUT2D eigenvalue weighted by molar-refractivity contribution is -0.125. The second kappa shape index (κ2) is 10.8. The molecular formula is C20H21Cl2N3O5S2. The second-order valence-electron chi connectivity index (χ2n) is 6.82. The number of rotatable bonds is 6. The lowest BCUT2D eigenvalue weighted by Crippen LogP contribution is -2.42. The fourth-order valence-corrected chi connectivity index (χ4v) is 4.92. The van der Waals surface area contributed by atoms with Crippen LogP contribution in [0.3, 0.4) is 0 Å². The number of carbonyl (C=O) groups is 1. The molecule has 1 aliphatic rings.